The van der Waals surface area contributed by atoms with Gasteiger partial charge in [0, 0.05) is 12.1 Å². The van der Waals surface area contributed by atoms with Crippen LogP contribution in [-0.4, -0.2) is 34.8 Å². The maximum atomic E-state index is 13.2. The lowest BCUT2D eigenvalue weighted by atomic mass is 9.94. The molecular weight excluding hydrogens is 414 g/mol. The van der Waals surface area contributed by atoms with E-state index in [1.165, 1.54) is 0 Å². The standard InChI is InChI=1S/C28H27NO4/c1-3-33-23-11-7-10-22(18-23)25-24(26(30)21-14-12-19(2)13-15-21)27(31)28(32)29(25)17-16-20-8-5-4-6-9-20/h4-15,18,25,30H,3,16-17H2,1-2H3. The molecule has 3 aromatic rings. The fraction of sp³-hybridized carbons (Fsp3) is 0.214. The summed E-state index contributed by atoms with van der Waals surface area (Å²) in [6.07, 6.45) is 0.597. The molecule has 33 heavy (non-hydrogen) atoms. The summed E-state index contributed by atoms with van der Waals surface area (Å²) in [5, 5.41) is 11.2. The molecule has 1 aliphatic heterocycles. The maximum Gasteiger partial charge on any atom is 0.295 e. The molecule has 0 aliphatic carbocycles. The summed E-state index contributed by atoms with van der Waals surface area (Å²) >= 11 is 0. The van der Waals surface area contributed by atoms with Crippen LogP contribution < -0.4 is 4.74 Å². The molecule has 5 nitrogen and oxygen atoms in total. The molecule has 0 bridgehead atoms. The zero-order valence-corrected chi connectivity index (χ0v) is 18.8. The van der Waals surface area contributed by atoms with Gasteiger partial charge in [0.05, 0.1) is 18.2 Å². The van der Waals surface area contributed by atoms with Crippen LogP contribution in [0.3, 0.4) is 0 Å². The van der Waals surface area contributed by atoms with E-state index >= 15 is 0 Å². The van der Waals surface area contributed by atoms with Gasteiger partial charge in [-0.1, -0.05) is 72.3 Å². The number of benzene rings is 3. The number of carbonyl (C=O) groups is 2. The predicted octanol–water partition coefficient (Wildman–Crippen LogP) is 5.06. The largest absolute Gasteiger partial charge is 0.507 e. The highest BCUT2D eigenvalue weighted by atomic mass is 16.5. The van der Waals surface area contributed by atoms with Crippen molar-refractivity contribution in [3.05, 3.63) is 107 Å². The Kier molecular flexibility index (Phi) is 6.59. The third kappa shape index (κ3) is 4.67. The van der Waals surface area contributed by atoms with Gasteiger partial charge >= 0.3 is 0 Å². The molecule has 168 valence electrons. The van der Waals surface area contributed by atoms with E-state index in [1.807, 2.05) is 80.6 Å². The van der Waals surface area contributed by atoms with Gasteiger partial charge < -0.3 is 14.7 Å². The average Bonchev–Trinajstić information content (AvgIpc) is 3.09. The van der Waals surface area contributed by atoms with E-state index in [1.54, 1.807) is 17.0 Å². The molecule has 3 aromatic carbocycles. The Bertz CT molecular complexity index is 1180. The van der Waals surface area contributed by atoms with E-state index in [4.69, 9.17) is 4.74 Å². The van der Waals surface area contributed by atoms with E-state index in [2.05, 4.69) is 0 Å². The van der Waals surface area contributed by atoms with Crippen LogP contribution in [0.2, 0.25) is 0 Å². The van der Waals surface area contributed by atoms with Gasteiger partial charge in [-0.15, -0.1) is 0 Å². The van der Waals surface area contributed by atoms with Gasteiger partial charge in [0.2, 0.25) is 0 Å². The lowest BCUT2D eigenvalue weighted by Crippen LogP contribution is -2.31. The highest BCUT2D eigenvalue weighted by Crippen LogP contribution is 2.40. The summed E-state index contributed by atoms with van der Waals surface area (Å²) in [5.74, 6) is -0.791. The van der Waals surface area contributed by atoms with Gasteiger partial charge in [0.1, 0.15) is 11.5 Å². The first kappa shape index (κ1) is 22.3. The number of aliphatic hydroxyl groups is 1. The Morgan fingerprint density at radius 3 is 2.39 bits per heavy atom. The van der Waals surface area contributed by atoms with Crippen LogP contribution in [0.15, 0.2) is 84.4 Å². The zero-order valence-electron chi connectivity index (χ0n) is 18.8. The van der Waals surface area contributed by atoms with Gasteiger partial charge in [-0.25, -0.2) is 0 Å². The summed E-state index contributed by atoms with van der Waals surface area (Å²) in [4.78, 5) is 27.8. The van der Waals surface area contributed by atoms with Crippen LogP contribution in [0, 0.1) is 6.92 Å². The number of aliphatic hydroxyl groups excluding tert-OH is 1. The molecule has 1 aliphatic rings. The topological polar surface area (TPSA) is 66.8 Å². The van der Waals surface area contributed by atoms with Crippen LogP contribution >= 0.6 is 0 Å². The van der Waals surface area contributed by atoms with Crippen molar-refractivity contribution in [3.63, 3.8) is 0 Å². The van der Waals surface area contributed by atoms with Crippen molar-refractivity contribution in [1.82, 2.24) is 4.90 Å². The van der Waals surface area contributed by atoms with Crippen LogP contribution in [-0.2, 0) is 16.0 Å². The lowest BCUT2D eigenvalue weighted by molar-refractivity contribution is -0.139. The number of carbonyl (C=O) groups excluding carboxylic acids is 2. The van der Waals surface area contributed by atoms with E-state index in [-0.39, 0.29) is 11.3 Å². The van der Waals surface area contributed by atoms with Crippen molar-refractivity contribution in [2.75, 3.05) is 13.2 Å². The molecule has 0 aromatic heterocycles. The molecule has 0 radical (unpaired) electrons. The van der Waals surface area contributed by atoms with Gasteiger partial charge in [0.25, 0.3) is 11.7 Å². The van der Waals surface area contributed by atoms with Crippen LogP contribution in [0.25, 0.3) is 5.76 Å². The normalized spacial score (nSPS) is 17.4. The molecule has 1 unspecified atom stereocenters. The van der Waals surface area contributed by atoms with Crippen molar-refractivity contribution in [3.8, 4) is 5.75 Å². The monoisotopic (exact) mass is 441 g/mol. The van der Waals surface area contributed by atoms with Crippen molar-refractivity contribution in [2.24, 2.45) is 0 Å². The fourth-order valence-corrected chi connectivity index (χ4v) is 4.16. The lowest BCUT2D eigenvalue weighted by Gasteiger charge is -2.25. The third-order valence-electron chi connectivity index (χ3n) is 5.83. The first-order valence-electron chi connectivity index (χ1n) is 11.1. The summed E-state index contributed by atoms with van der Waals surface area (Å²) in [6.45, 7) is 4.70. The third-order valence-corrected chi connectivity index (χ3v) is 5.83. The number of nitrogens with zero attached hydrogens (tertiary/aromatic N) is 1. The van der Waals surface area contributed by atoms with E-state index in [0.29, 0.717) is 30.9 Å². The van der Waals surface area contributed by atoms with Crippen LogP contribution in [0.4, 0.5) is 0 Å². The second-order valence-electron chi connectivity index (χ2n) is 8.10. The van der Waals surface area contributed by atoms with Crippen molar-refractivity contribution < 1.29 is 19.4 Å². The number of hydrogen-bond donors (Lipinski definition) is 1. The molecule has 1 fully saturated rings. The van der Waals surface area contributed by atoms with Gasteiger partial charge in [0.15, 0.2) is 0 Å². The number of hydrogen-bond acceptors (Lipinski definition) is 4. The molecule has 1 atom stereocenters. The number of rotatable bonds is 7. The predicted molar refractivity (Wildman–Crippen MR) is 128 cm³/mol. The van der Waals surface area contributed by atoms with Crippen molar-refractivity contribution >= 4 is 17.4 Å². The second kappa shape index (κ2) is 9.74. The molecule has 0 saturated carbocycles. The number of amides is 1. The van der Waals surface area contributed by atoms with Crippen LogP contribution in [0.1, 0.15) is 35.2 Å². The molecule has 4 rings (SSSR count). The number of ketones is 1. The Balaban J connectivity index is 1.79. The molecular formula is C28H27NO4. The minimum absolute atomic E-state index is 0.102. The molecule has 1 N–H and O–H groups in total. The number of ether oxygens (including phenoxy) is 1. The van der Waals surface area contributed by atoms with Gasteiger partial charge in [-0.2, -0.15) is 0 Å². The number of likely N-dealkylation sites (tertiary alicyclic amines) is 1. The Morgan fingerprint density at radius 2 is 1.70 bits per heavy atom. The highest BCUT2D eigenvalue weighted by molar-refractivity contribution is 6.46. The first-order chi connectivity index (χ1) is 16.0. The summed E-state index contributed by atoms with van der Waals surface area (Å²) in [5.41, 5.74) is 3.44. The highest BCUT2D eigenvalue weighted by Gasteiger charge is 2.45. The number of Topliss-reactive ketones (excluding diaryl/α,β-unsaturated/α-hetero) is 1. The minimum Gasteiger partial charge on any atom is -0.507 e. The number of aryl methyl sites for hydroxylation is 1. The minimum atomic E-state index is -0.699. The van der Waals surface area contributed by atoms with E-state index in [9.17, 15) is 14.7 Å². The SMILES string of the molecule is CCOc1cccc(C2C(=C(O)c3ccc(C)cc3)C(=O)C(=O)N2CCc2ccccc2)c1. The first-order valence-corrected chi connectivity index (χ1v) is 11.1. The van der Waals surface area contributed by atoms with E-state index in [0.717, 1.165) is 16.7 Å². The second-order valence-corrected chi connectivity index (χ2v) is 8.10. The Morgan fingerprint density at radius 1 is 0.970 bits per heavy atom. The maximum absolute atomic E-state index is 13.2. The summed E-state index contributed by atoms with van der Waals surface area (Å²) in [6, 6.07) is 23.7. The zero-order chi connectivity index (χ0) is 23.4. The Labute approximate surface area is 193 Å². The Hall–Kier alpha value is -3.86. The smallest absolute Gasteiger partial charge is 0.295 e. The van der Waals surface area contributed by atoms with Crippen molar-refractivity contribution in [2.45, 2.75) is 26.3 Å². The van der Waals surface area contributed by atoms with Gasteiger partial charge in [-0.05, 0) is 43.5 Å². The summed E-state index contributed by atoms with van der Waals surface area (Å²) in [7, 11) is 0. The van der Waals surface area contributed by atoms with Gasteiger partial charge in [-0.3, -0.25) is 9.59 Å². The van der Waals surface area contributed by atoms with Crippen LogP contribution in [0.5, 0.6) is 5.75 Å². The average molecular weight is 442 g/mol. The summed E-state index contributed by atoms with van der Waals surface area (Å²) < 4.78 is 5.65. The van der Waals surface area contributed by atoms with Crippen molar-refractivity contribution in [1.29, 1.82) is 0 Å². The quantitative estimate of drug-likeness (QED) is 0.316. The molecule has 5 heteroatoms. The molecule has 0 spiro atoms. The molecule has 1 saturated heterocycles. The van der Waals surface area contributed by atoms with E-state index < -0.39 is 17.7 Å². The molecule has 1 amide bonds. The fourth-order valence-electron chi connectivity index (χ4n) is 4.16. The molecule has 1 heterocycles.